The molecule has 2 aromatic carbocycles. The lowest BCUT2D eigenvalue weighted by Gasteiger charge is -2.23. The van der Waals surface area contributed by atoms with Crippen molar-refractivity contribution in [1.29, 1.82) is 0 Å². The van der Waals surface area contributed by atoms with E-state index in [4.69, 9.17) is 11.6 Å². The number of carbonyl (C=O) groups excluding carboxylic acids is 1. The number of amides is 2. The fraction of sp³-hybridized carbons (Fsp3) is 0.182. The summed E-state index contributed by atoms with van der Waals surface area (Å²) in [4.78, 5) is 27.1. The smallest absolute Gasteiger partial charge is 0.332 e. The zero-order chi connectivity index (χ0) is 22.6. The first-order chi connectivity index (χ1) is 14.6. The molecule has 0 saturated heterocycles. The molecule has 0 atom stereocenters. The number of rotatable bonds is 5. The highest BCUT2D eigenvalue weighted by atomic mass is 35.5. The Morgan fingerprint density at radius 3 is 2.48 bits per heavy atom. The summed E-state index contributed by atoms with van der Waals surface area (Å²) in [6.45, 7) is 4.84. The van der Waals surface area contributed by atoms with Crippen LogP contribution >= 0.6 is 11.6 Å². The van der Waals surface area contributed by atoms with Gasteiger partial charge in [0.2, 0.25) is 0 Å². The molecule has 160 valence electrons. The molecule has 1 aromatic heterocycles. The van der Waals surface area contributed by atoms with Gasteiger partial charge in [-0.1, -0.05) is 23.7 Å². The van der Waals surface area contributed by atoms with Crippen molar-refractivity contribution < 1.29 is 14.3 Å². The minimum Gasteiger partial charge on any atom is -0.385 e. The van der Waals surface area contributed by atoms with E-state index < -0.39 is 17.4 Å². The third kappa shape index (κ3) is 5.62. The fourth-order valence-corrected chi connectivity index (χ4v) is 2.66. The Morgan fingerprint density at radius 2 is 1.84 bits per heavy atom. The second kappa shape index (κ2) is 9.20. The maximum Gasteiger partial charge on any atom is 0.332 e. The molecule has 0 saturated carbocycles. The van der Waals surface area contributed by atoms with Crippen LogP contribution < -0.4 is 10.2 Å². The van der Waals surface area contributed by atoms with Gasteiger partial charge in [0.25, 0.3) is 5.95 Å². The molecule has 3 rings (SSSR count). The quantitative estimate of drug-likeness (QED) is 0.511. The molecule has 0 spiro atoms. The van der Waals surface area contributed by atoms with Gasteiger partial charge >= 0.3 is 6.03 Å². The van der Waals surface area contributed by atoms with Crippen LogP contribution in [0.3, 0.4) is 0 Å². The van der Waals surface area contributed by atoms with Crippen molar-refractivity contribution in [3.63, 3.8) is 0 Å². The standard InChI is InChI=1S/C22H21ClFN5O2/c1-14(22(2,3)31)26-20-25-13-12-19(28-20)29(16-10-8-15(24)9-11-16)21(30)27-18-7-5-4-6-17(18)23/h4-13,31H,1-3H3,(H,27,30). The van der Waals surface area contributed by atoms with E-state index in [0.717, 1.165) is 0 Å². The first-order valence-corrected chi connectivity index (χ1v) is 9.75. The van der Waals surface area contributed by atoms with Gasteiger partial charge in [-0.05, 0) is 57.2 Å². The predicted octanol–water partition coefficient (Wildman–Crippen LogP) is 5.50. The van der Waals surface area contributed by atoms with Crippen LogP contribution in [0.25, 0.3) is 0 Å². The van der Waals surface area contributed by atoms with Crippen LogP contribution in [-0.4, -0.2) is 32.4 Å². The summed E-state index contributed by atoms with van der Waals surface area (Å²) in [5.74, 6) is -0.174. The molecule has 0 aliphatic rings. The van der Waals surface area contributed by atoms with Gasteiger partial charge in [0.15, 0.2) is 0 Å². The highest BCUT2D eigenvalue weighted by Gasteiger charge is 2.22. The fourth-order valence-electron chi connectivity index (χ4n) is 2.48. The van der Waals surface area contributed by atoms with Crippen LogP contribution in [0.5, 0.6) is 0 Å². The number of benzene rings is 2. The van der Waals surface area contributed by atoms with Crippen molar-refractivity contribution in [3.05, 3.63) is 71.6 Å². The van der Waals surface area contributed by atoms with Gasteiger partial charge in [-0.3, -0.25) is 0 Å². The molecular formula is C22H21ClFN5O2. The molecule has 2 amide bonds. The highest BCUT2D eigenvalue weighted by Crippen LogP contribution is 2.28. The summed E-state index contributed by atoms with van der Waals surface area (Å²) in [5, 5.41) is 13.2. The second-order valence-electron chi connectivity index (χ2n) is 7.19. The average molecular weight is 442 g/mol. The third-order valence-corrected chi connectivity index (χ3v) is 4.74. The molecule has 0 aliphatic heterocycles. The first kappa shape index (κ1) is 22.3. The summed E-state index contributed by atoms with van der Waals surface area (Å²) < 4.78 is 13.5. The van der Waals surface area contributed by atoms with Crippen LogP contribution in [0.4, 0.5) is 32.3 Å². The lowest BCUT2D eigenvalue weighted by Crippen LogP contribution is -2.31. The SMILES string of the molecule is CC(=Nc1nccc(N(C(=O)Nc2ccccc2Cl)c2ccc(F)cc2)n1)C(C)(C)O. The number of urea groups is 1. The number of carbonyl (C=O) groups is 1. The van der Waals surface area contributed by atoms with Crippen molar-refractivity contribution >= 4 is 46.5 Å². The lowest BCUT2D eigenvalue weighted by molar-refractivity contribution is 0.153. The monoisotopic (exact) mass is 441 g/mol. The zero-order valence-electron chi connectivity index (χ0n) is 17.2. The van der Waals surface area contributed by atoms with Gasteiger partial charge in [-0.25, -0.2) is 24.1 Å². The Kier molecular flexibility index (Phi) is 6.62. The minimum atomic E-state index is -1.16. The van der Waals surface area contributed by atoms with E-state index in [0.29, 0.717) is 22.1 Å². The topological polar surface area (TPSA) is 90.7 Å². The normalized spacial score (nSPS) is 11.9. The zero-order valence-corrected chi connectivity index (χ0v) is 17.9. The number of nitrogens with zero attached hydrogens (tertiary/aromatic N) is 4. The van der Waals surface area contributed by atoms with Gasteiger partial charge in [0, 0.05) is 18.0 Å². The summed E-state index contributed by atoms with van der Waals surface area (Å²) in [6.07, 6.45) is 1.44. The number of para-hydroxylation sites is 1. The predicted molar refractivity (Wildman–Crippen MR) is 120 cm³/mol. The number of aliphatic imine (C=N–C) groups is 1. The Labute approximate surface area is 184 Å². The minimum absolute atomic E-state index is 0.0646. The Bertz CT molecular complexity index is 1110. The molecule has 2 N–H and O–H groups in total. The van der Waals surface area contributed by atoms with Crippen molar-refractivity contribution in [3.8, 4) is 0 Å². The Hall–Kier alpha value is -3.36. The molecule has 3 aromatic rings. The molecule has 0 bridgehead atoms. The van der Waals surface area contributed by atoms with E-state index in [9.17, 15) is 14.3 Å². The summed E-state index contributed by atoms with van der Waals surface area (Å²) in [6, 6.07) is 13.1. The van der Waals surface area contributed by atoms with E-state index in [1.165, 1.54) is 41.4 Å². The highest BCUT2D eigenvalue weighted by molar-refractivity contribution is 6.33. The van der Waals surface area contributed by atoms with Crippen molar-refractivity contribution in [2.75, 3.05) is 10.2 Å². The summed E-state index contributed by atoms with van der Waals surface area (Å²) >= 11 is 6.16. The molecule has 0 unspecified atom stereocenters. The second-order valence-corrected chi connectivity index (χ2v) is 7.60. The van der Waals surface area contributed by atoms with Gasteiger partial charge in [0.05, 0.1) is 22.0 Å². The van der Waals surface area contributed by atoms with Gasteiger partial charge < -0.3 is 10.4 Å². The molecule has 0 fully saturated rings. The number of hydrogen-bond acceptors (Lipinski definition) is 5. The number of anilines is 3. The average Bonchev–Trinajstić information content (AvgIpc) is 2.71. The molecule has 7 nitrogen and oxygen atoms in total. The van der Waals surface area contributed by atoms with Crippen molar-refractivity contribution in [1.82, 2.24) is 9.97 Å². The molecule has 31 heavy (non-hydrogen) atoms. The maximum absolute atomic E-state index is 13.5. The number of nitrogens with one attached hydrogen (secondary N) is 1. The van der Waals surface area contributed by atoms with Crippen LogP contribution in [0.2, 0.25) is 5.02 Å². The molecule has 9 heteroatoms. The first-order valence-electron chi connectivity index (χ1n) is 9.37. The lowest BCUT2D eigenvalue weighted by atomic mass is 10.1. The van der Waals surface area contributed by atoms with E-state index in [-0.39, 0.29) is 11.8 Å². The van der Waals surface area contributed by atoms with E-state index >= 15 is 0 Å². The van der Waals surface area contributed by atoms with Gasteiger partial charge in [0.1, 0.15) is 11.6 Å². The molecule has 0 aliphatic carbocycles. The van der Waals surface area contributed by atoms with Crippen LogP contribution in [-0.2, 0) is 0 Å². The maximum atomic E-state index is 13.5. The van der Waals surface area contributed by atoms with Crippen molar-refractivity contribution in [2.45, 2.75) is 26.4 Å². The largest absolute Gasteiger partial charge is 0.385 e. The Morgan fingerprint density at radius 1 is 1.16 bits per heavy atom. The number of halogens is 2. The van der Waals surface area contributed by atoms with E-state index in [2.05, 4.69) is 20.3 Å². The van der Waals surface area contributed by atoms with E-state index in [1.807, 2.05) is 0 Å². The Balaban J connectivity index is 2.03. The van der Waals surface area contributed by atoms with Gasteiger partial charge in [-0.2, -0.15) is 4.98 Å². The van der Waals surface area contributed by atoms with Crippen LogP contribution in [0.15, 0.2) is 65.8 Å². The molecule has 1 heterocycles. The number of aromatic nitrogens is 2. The summed E-state index contributed by atoms with van der Waals surface area (Å²) in [5.41, 5.74) is 0.0287. The number of hydrogen-bond donors (Lipinski definition) is 2. The number of aliphatic hydroxyl groups is 1. The van der Waals surface area contributed by atoms with Crippen LogP contribution in [0.1, 0.15) is 20.8 Å². The van der Waals surface area contributed by atoms with Crippen LogP contribution in [0, 0.1) is 5.82 Å². The van der Waals surface area contributed by atoms with E-state index in [1.54, 1.807) is 45.0 Å². The summed E-state index contributed by atoms with van der Waals surface area (Å²) in [7, 11) is 0. The van der Waals surface area contributed by atoms with Gasteiger partial charge in [-0.15, -0.1) is 0 Å². The molecule has 0 radical (unpaired) electrons. The molecular weight excluding hydrogens is 421 g/mol. The third-order valence-electron chi connectivity index (χ3n) is 4.41. The van der Waals surface area contributed by atoms with Crippen molar-refractivity contribution in [2.24, 2.45) is 4.99 Å².